The number of hydrogen-bond donors (Lipinski definition) is 2. The Hall–Kier alpha value is -3.05. The Balaban J connectivity index is 2.03. The number of carbonyl (C=O) groups excluding carboxylic acids is 2. The molecule has 12 heteroatoms. The molecule has 0 unspecified atom stereocenters. The highest BCUT2D eigenvalue weighted by Gasteiger charge is 2.19. The normalized spacial score (nSPS) is 11.2. The van der Waals surface area contributed by atoms with Gasteiger partial charge in [-0.3, -0.25) is 20.3 Å². The zero-order valence-corrected chi connectivity index (χ0v) is 15.7. The maximum Gasteiger partial charge on any atom is 0.289 e. The highest BCUT2D eigenvalue weighted by atomic mass is 35.5. The first-order valence-electron chi connectivity index (χ1n) is 7.97. The topological polar surface area (TPSA) is 130 Å². The summed E-state index contributed by atoms with van der Waals surface area (Å²) >= 11 is 5.70. The fourth-order valence-electron chi connectivity index (χ4n) is 1.99. The number of amides is 1. The second kappa shape index (κ2) is 9.76. The number of nitrogens with one attached hydrogen (secondary N) is 1. The van der Waals surface area contributed by atoms with E-state index in [4.69, 9.17) is 16.3 Å². The molecule has 1 aromatic heterocycles. The highest BCUT2D eigenvalue weighted by Crippen LogP contribution is 2.23. The third kappa shape index (κ3) is 5.47. The van der Waals surface area contributed by atoms with Gasteiger partial charge in [0.25, 0.3) is 11.8 Å². The van der Waals surface area contributed by atoms with E-state index in [1.807, 2.05) is 5.48 Å². The minimum absolute atomic E-state index is 0.00903. The summed E-state index contributed by atoms with van der Waals surface area (Å²) in [4.78, 5) is 28.3. The maximum absolute atomic E-state index is 13.2. The van der Waals surface area contributed by atoms with Crippen LogP contribution in [0, 0.1) is 5.82 Å². The molecule has 2 aromatic rings. The standard InChI is InChI=1S/C16H17ClFN5O5/c1-23(2)16(25)12(24)4-3-7-27-15-13(21-28-22-15)14(20-26)19-9-5-6-11(18)10(17)8-9/h5-6,8,26H,3-4,7H2,1-2H3,(H,19,20). The molecule has 2 N–H and O–H groups in total. The van der Waals surface area contributed by atoms with Gasteiger partial charge in [0.2, 0.25) is 11.5 Å². The largest absolute Gasteiger partial charge is 0.474 e. The number of carbonyl (C=O) groups is 2. The lowest BCUT2D eigenvalue weighted by molar-refractivity contribution is -0.143. The second-order valence-corrected chi connectivity index (χ2v) is 6.07. The number of likely N-dealkylation sites (N-methyl/N-ethyl adjacent to an activating group) is 1. The van der Waals surface area contributed by atoms with E-state index in [-0.39, 0.29) is 47.6 Å². The van der Waals surface area contributed by atoms with Crippen LogP contribution < -0.4 is 10.2 Å². The monoisotopic (exact) mass is 413 g/mol. The number of aromatic nitrogens is 2. The van der Waals surface area contributed by atoms with Gasteiger partial charge >= 0.3 is 0 Å². The summed E-state index contributed by atoms with van der Waals surface area (Å²) in [6, 6.07) is 3.69. The molecule has 0 aliphatic heterocycles. The lowest BCUT2D eigenvalue weighted by Crippen LogP contribution is -2.29. The van der Waals surface area contributed by atoms with Crippen molar-refractivity contribution in [3.63, 3.8) is 0 Å². The average molecular weight is 414 g/mol. The quantitative estimate of drug-likeness (QED) is 0.220. The van der Waals surface area contributed by atoms with Gasteiger partial charge in [-0.2, -0.15) is 0 Å². The molecule has 1 amide bonds. The molecule has 0 aliphatic rings. The first-order valence-corrected chi connectivity index (χ1v) is 8.35. The van der Waals surface area contributed by atoms with E-state index in [0.29, 0.717) is 0 Å². The molecule has 1 heterocycles. The molecule has 28 heavy (non-hydrogen) atoms. The van der Waals surface area contributed by atoms with Crippen molar-refractivity contribution in [2.75, 3.05) is 20.7 Å². The number of hydroxylamine groups is 1. The van der Waals surface area contributed by atoms with Crippen LogP contribution in [0.1, 0.15) is 18.5 Å². The Kier molecular flexibility index (Phi) is 7.41. The van der Waals surface area contributed by atoms with Crippen molar-refractivity contribution in [3.05, 3.63) is 34.7 Å². The molecule has 0 spiro atoms. The van der Waals surface area contributed by atoms with E-state index in [1.165, 1.54) is 31.1 Å². The van der Waals surface area contributed by atoms with Gasteiger partial charge in [-0.15, -0.1) is 0 Å². The second-order valence-electron chi connectivity index (χ2n) is 5.66. The summed E-state index contributed by atoms with van der Waals surface area (Å²) in [5.74, 6) is -2.04. The number of Topliss-reactive ketones (excluding diaryl/α,β-unsaturated/α-hetero) is 1. The maximum atomic E-state index is 13.2. The minimum atomic E-state index is -0.617. The molecule has 10 nitrogen and oxygen atoms in total. The smallest absolute Gasteiger partial charge is 0.289 e. The molecule has 0 radical (unpaired) electrons. The van der Waals surface area contributed by atoms with E-state index in [9.17, 15) is 19.2 Å². The number of nitrogens with zero attached hydrogens (tertiary/aromatic N) is 4. The number of rotatable bonds is 8. The Bertz CT molecular complexity index is 886. The number of benzene rings is 1. The zero-order chi connectivity index (χ0) is 20.7. The fourth-order valence-corrected chi connectivity index (χ4v) is 2.17. The molecule has 0 aliphatic carbocycles. The van der Waals surface area contributed by atoms with E-state index < -0.39 is 17.5 Å². The Morgan fingerprint density at radius 1 is 1.39 bits per heavy atom. The van der Waals surface area contributed by atoms with Crippen LogP contribution in [0.4, 0.5) is 10.1 Å². The predicted molar refractivity (Wildman–Crippen MR) is 95.3 cm³/mol. The minimum Gasteiger partial charge on any atom is -0.474 e. The van der Waals surface area contributed by atoms with Gasteiger partial charge in [-0.25, -0.2) is 14.0 Å². The number of hydrogen-bond acceptors (Lipinski definition) is 8. The molecule has 2 rings (SSSR count). The van der Waals surface area contributed by atoms with E-state index >= 15 is 0 Å². The van der Waals surface area contributed by atoms with Crippen LogP contribution in [0.5, 0.6) is 5.88 Å². The first-order chi connectivity index (χ1) is 13.3. The van der Waals surface area contributed by atoms with Crippen molar-refractivity contribution in [1.82, 2.24) is 20.7 Å². The number of ketones is 1. The lowest BCUT2D eigenvalue weighted by Gasteiger charge is -2.08. The van der Waals surface area contributed by atoms with Crippen LogP contribution in [0.2, 0.25) is 5.02 Å². The summed E-state index contributed by atoms with van der Waals surface area (Å²) in [7, 11) is 2.97. The van der Waals surface area contributed by atoms with Gasteiger partial charge in [-0.05, 0) is 34.9 Å². The molecule has 0 saturated carbocycles. The molecule has 150 valence electrons. The summed E-state index contributed by atoms with van der Waals surface area (Å²) < 4.78 is 23.2. The van der Waals surface area contributed by atoms with Crippen molar-refractivity contribution >= 4 is 34.8 Å². The van der Waals surface area contributed by atoms with Gasteiger partial charge in [-0.1, -0.05) is 11.6 Å². The molecular weight excluding hydrogens is 397 g/mol. The summed E-state index contributed by atoms with van der Waals surface area (Å²) in [5, 5.41) is 16.3. The molecular formula is C16H17ClFN5O5. The number of aliphatic imine (C=N–C) groups is 1. The summed E-state index contributed by atoms with van der Waals surface area (Å²) in [6.45, 7) is 0.0365. The molecule has 0 bridgehead atoms. The molecule has 0 saturated heterocycles. The summed E-state index contributed by atoms with van der Waals surface area (Å²) in [6.07, 6.45) is 0.238. The van der Waals surface area contributed by atoms with Crippen molar-refractivity contribution in [2.24, 2.45) is 4.99 Å². The fraction of sp³-hybridized carbons (Fsp3) is 0.312. The van der Waals surface area contributed by atoms with Gasteiger partial charge in [0, 0.05) is 20.5 Å². The van der Waals surface area contributed by atoms with E-state index in [2.05, 4.69) is 19.9 Å². The van der Waals surface area contributed by atoms with Gasteiger partial charge in [0.1, 0.15) is 5.82 Å². The zero-order valence-electron chi connectivity index (χ0n) is 15.0. The average Bonchev–Trinajstić information content (AvgIpc) is 3.13. The third-order valence-electron chi connectivity index (χ3n) is 3.36. The lowest BCUT2D eigenvalue weighted by atomic mass is 10.2. The predicted octanol–water partition coefficient (Wildman–Crippen LogP) is 1.74. The van der Waals surface area contributed by atoms with Crippen LogP contribution in [0.25, 0.3) is 0 Å². The van der Waals surface area contributed by atoms with Crippen LogP contribution in [0.3, 0.4) is 0 Å². The number of amidine groups is 1. The van der Waals surface area contributed by atoms with Gasteiger partial charge in [0.15, 0.2) is 5.84 Å². The van der Waals surface area contributed by atoms with Crippen LogP contribution in [-0.4, -0.2) is 58.6 Å². The summed E-state index contributed by atoms with van der Waals surface area (Å²) in [5.41, 5.74) is 2.00. The van der Waals surface area contributed by atoms with E-state index in [1.54, 1.807) is 0 Å². The van der Waals surface area contributed by atoms with Crippen LogP contribution in [0.15, 0.2) is 27.8 Å². The Morgan fingerprint density at radius 3 is 2.79 bits per heavy atom. The molecule has 1 aromatic carbocycles. The van der Waals surface area contributed by atoms with Gasteiger partial charge in [0.05, 0.1) is 17.3 Å². The molecule has 0 fully saturated rings. The highest BCUT2D eigenvalue weighted by molar-refractivity contribution is 6.35. The van der Waals surface area contributed by atoms with E-state index in [0.717, 1.165) is 6.07 Å². The van der Waals surface area contributed by atoms with Crippen molar-refractivity contribution in [2.45, 2.75) is 12.8 Å². The number of ether oxygens (including phenoxy) is 1. The Labute approximate surface area is 163 Å². The van der Waals surface area contributed by atoms with Crippen molar-refractivity contribution < 1.29 is 28.6 Å². The van der Waals surface area contributed by atoms with Crippen molar-refractivity contribution in [3.8, 4) is 5.88 Å². The first kappa shape index (κ1) is 21.3. The van der Waals surface area contributed by atoms with Gasteiger partial charge < -0.3 is 9.64 Å². The number of halogens is 2. The van der Waals surface area contributed by atoms with Crippen molar-refractivity contribution in [1.29, 1.82) is 0 Å². The van der Waals surface area contributed by atoms with Crippen LogP contribution >= 0.6 is 11.6 Å². The third-order valence-corrected chi connectivity index (χ3v) is 3.65. The SMILES string of the molecule is CN(C)C(=O)C(=O)CCCOc1nonc1C(=Nc1ccc(F)c(Cl)c1)NO. The Morgan fingerprint density at radius 2 is 2.14 bits per heavy atom. The molecule has 0 atom stereocenters. The van der Waals surface area contributed by atoms with Crippen LogP contribution in [-0.2, 0) is 9.59 Å².